The first-order valence-corrected chi connectivity index (χ1v) is 6.38. The standard InChI is InChI=1S/C13H19ClN2/c1-2-10-5-7-16(8-6-10)13-4-3-11(14)9-12(13)15/h3-4,9-10H,2,5-8,15H2,1H3. The molecule has 2 N–H and O–H groups in total. The van der Waals surface area contributed by atoms with Crippen LogP contribution in [0.5, 0.6) is 0 Å². The molecule has 0 aromatic heterocycles. The van der Waals surface area contributed by atoms with Crippen molar-refractivity contribution in [1.29, 1.82) is 0 Å². The van der Waals surface area contributed by atoms with E-state index in [4.69, 9.17) is 17.3 Å². The van der Waals surface area contributed by atoms with Crippen molar-refractivity contribution in [2.24, 2.45) is 5.92 Å². The van der Waals surface area contributed by atoms with Crippen molar-refractivity contribution < 1.29 is 0 Å². The summed E-state index contributed by atoms with van der Waals surface area (Å²) in [6.07, 6.45) is 3.85. The van der Waals surface area contributed by atoms with Gasteiger partial charge in [-0.05, 0) is 37.0 Å². The van der Waals surface area contributed by atoms with Crippen molar-refractivity contribution >= 4 is 23.0 Å². The van der Waals surface area contributed by atoms with Crippen LogP contribution in [0.15, 0.2) is 18.2 Å². The molecule has 0 saturated carbocycles. The van der Waals surface area contributed by atoms with Crippen LogP contribution in [0.1, 0.15) is 26.2 Å². The SMILES string of the molecule is CCC1CCN(c2ccc(Cl)cc2N)CC1. The lowest BCUT2D eigenvalue weighted by atomic mass is 9.94. The highest BCUT2D eigenvalue weighted by molar-refractivity contribution is 6.31. The highest BCUT2D eigenvalue weighted by Crippen LogP contribution is 2.30. The molecule has 0 amide bonds. The maximum Gasteiger partial charge on any atom is 0.0600 e. The summed E-state index contributed by atoms with van der Waals surface area (Å²) in [4.78, 5) is 2.37. The molecule has 0 aliphatic carbocycles. The maximum absolute atomic E-state index is 5.99. The average Bonchev–Trinajstić information content (AvgIpc) is 2.29. The Hall–Kier alpha value is -0.890. The first-order chi connectivity index (χ1) is 7.70. The summed E-state index contributed by atoms with van der Waals surface area (Å²) >= 11 is 5.90. The summed E-state index contributed by atoms with van der Waals surface area (Å²) in [7, 11) is 0. The van der Waals surface area contributed by atoms with E-state index in [1.165, 1.54) is 19.3 Å². The fourth-order valence-electron chi connectivity index (χ4n) is 2.40. The molecule has 0 radical (unpaired) electrons. The molecule has 2 rings (SSSR count). The topological polar surface area (TPSA) is 29.3 Å². The molecule has 0 bridgehead atoms. The summed E-state index contributed by atoms with van der Waals surface area (Å²) in [5, 5.41) is 0.713. The van der Waals surface area contributed by atoms with Crippen LogP contribution in [0.3, 0.4) is 0 Å². The number of halogens is 1. The molecule has 1 aliphatic rings. The Balaban J connectivity index is 2.08. The van der Waals surface area contributed by atoms with Gasteiger partial charge in [0.2, 0.25) is 0 Å². The van der Waals surface area contributed by atoms with E-state index in [9.17, 15) is 0 Å². The van der Waals surface area contributed by atoms with E-state index in [1.54, 1.807) is 0 Å². The Morgan fingerprint density at radius 3 is 2.62 bits per heavy atom. The average molecular weight is 239 g/mol. The molecule has 3 heteroatoms. The number of piperidine rings is 1. The summed E-state index contributed by atoms with van der Waals surface area (Å²) in [5.74, 6) is 0.893. The van der Waals surface area contributed by atoms with E-state index in [-0.39, 0.29) is 0 Å². The van der Waals surface area contributed by atoms with Gasteiger partial charge in [0.05, 0.1) is 11.4 Å². The van der Waals surface area contributed by atoms with E-state index in [0.717, 1.165) is 30.4 Å². The van der Waals surface area contributed by atoms with Crippen LogP contribution in [0, 0.1) is 5.92 Å². The highest BCUT2D eigenvalue weighted by Gasteiger charge is 2.19. The number of hydrogen-bond acceptors (Lipinski definition) is 2. The van der Waals surface area contributed by atoms with Gasteiger partial charge in [-0.25, -0.2) is 0 Å². The second-order valence-electron chi connectivity index (χ2n) is 4.54. The lowest BCUT2D eigenvalue weighted by Crippen LogP contribution is -2.33. The van der Waals surface area contributed by atoms with Gasteiger partial charge in [-0.2, -0.15) is 0 Å². The number of benzene rings is 1. The van der Waals surface area contributed by atoms with E-state index < -0.39 is 0 Å². The van der Waals surface area contributed by atoms with Gasteiger partial charge in [-0.3, -0.25) is 0 Å². The van der Waals surface area contributed by atoms with E-state index in [0.29, 0.717) is 5.02 Å². The highest BCUT2D eigenvalue weighted by atomic mass is 35.5. The molecule has 0 atom stereocenters. The van der Waals surface area contributed by atoms with Crippen molar-refractivity contribution in [2.75, 3.05) is 23.7 Å². The lowest BCUT2D eigenvalue weighted by Gasteiger charge is -2.34. The van der Waals surface area contributed by atoms with Crippen LogP contribution in [-0.4, -0.2) is 13.1 Å². The molecule has 1 aromatic rings. The first-order valence-electron chi connectivity index (χ1n) is 6.00. The number of anilines is 2. The summed E-state index contributed by atoms with van der Waals surface area (Å²) in [6, 6.07) is 5.78. The molecular weight excluding hydrogens is 220 g/mol. The first kappa shape index (κ1) is 11.6. The molecule has 0 spiro atoms. The molecule has 1 heterocycles. The summed E-state index contributed by atoms with van der Waals surface area (Å²) in [5.41, 5.74) is 7.93. The van der Waals surface area contributed by atoms with Crippen LogP contribution < -0.4 is 10.6 Å². The third-order valence-electron chi connectivity index (χ3n) is 3.52. The number of nitrogens with two attached hydrogens (primary N) is 1. The fourth-order valence-corrected chi connectivity index (χ4v) is 2.58. The van der Waals surface area contributed by atoms with E-state index >= 15 is 0 Å². The van der Waals surface area contributed by atoms with Crippen molar-refractivity contribution in [2.45, 2.75) is 26.2 Å². The van der Waals surface area contributed by atoms with Crippen molar-refractivity contribution in [3.8, 4) is 0 Å². The van der Waals surface area contributed by atoms with Gasteiger partial charge in [-0.1, -0.05) is 24.9 Å². The number of nitrogen functional groups attached to an aromatic ring is 1. The molecular formula is C13H19ClN2. The quantitative estimate of drug-likeness (QED) is 0.799. The largest absolute Gasteiger partial charge is 0.397 e. The maximum atomic E-state index is 5.99. The van der Waals surface area contributed by atoms with Gasteiger partial charge >= 0.3 is 0 Å². The van der Waals surface area contributed by atoms with Crippen LogP contribution in [0.4, 0.5) is 11.4 Å². The van der Waals surface area contributed by atoms with Gasteiger partial charge in [0.15, 0.2) is 0 Å². The van der Waals surface area contributed by atoms with Crippen molar-refractivity contribution in [3.63, 3.8) is 0 Å². The number of rotatable bonds is 2. The summed E-state index contributed by atoms with van der Waals surface area (Å²) < 4.78 is 0. The normalized spacial score (nSPS) is 17.8. The predicted molar refractivity (Wildman–Crippen MR) is 71.1 cm³/mol. The van der Waals surface area contributed by atoms with Crippen LogP contribution >= 0.6 is 11.6 Å². The molecule has 16 heavy (non-hydrogen) atoms. The predicted octanol–water partition coefficient (Wildman–Crippen LogP) is 3.55. The minimum atomic E-state index is 0.713. The molecule has 1 aromatic carbocycles. The van der Waals surface area contributed by atoms with E-state index in [2.05, 4.69) is 11.8 Å². The number of hydrogen-bond donors (Lipinski definition) is 1. The molecule has 1 fully saturated rings. The van der Waals surface area contributed by atoms with Gasteiger partial charge in [-0.15, -0.1) is 0 Å². The Morgan fingerprint density at radius 1 is 1.38 bits per heavy atom. The Kier molecular flexibility index (Phi) is 3.59. The van der Waals surface area contributed by atoms with Gasteiger partial charge in [0.1, 0.15) is 0 Å². The van der Waals surface area contributed by atoms with Crippen molar-refractivity contribution in [3.05, 3.63) is 23.2 Å². The second-order valence-corrected chi connectivity index (χ2v) is 4.98. The zero-order valence-corrected chi connectivity index (χ0v) is 10.5. The van der Waals surface area contributed by atoms with Crippen LogP contribution in [-0.2, 0) is 0 Å². The summed E-state index contributed by atoms with van der Waals surface area (Å²) in [6.45, 7) is 4.51. The molecule has 1 saturated heterocycles. The monoisotopic (exact) mass is 238 g/mol. The minimum absolute atomic E-state index is 0.713. The molecule has 88 valence electrons. The van der Waals surface area contributed by atoms with E-state index in [1.807, 2.05) is 18.2 Å². The Labute approximate surface area is 102 Å². The molecule has 1 aliphatic heterocycles. The Morgan fingerprint density at radius 2 is 2.06 bits per heavy atom. The Bertz CT molecular complexity index is 357. The third kappa shape index (κ3) is 2.43. The van der Waals surface area contributed by atoms with Gasteiger partial charge < -0.3 is 10.6 Å². The number of nitrogens with zero attached hydrogens (tertiary/aromatic N) is 1. The third-order valence-corrected chi connectivity index (χ3v) is 3.76. The van der Waals surface area contributed by atoms with Crippen molar-refractivity contribution in [1.82, 2.24) is 0 Å². The lowest BCUT2D eigenvalue weighted by molar-refractivity contribution is 0.395. The molecule has 0 unspecified atom stereocenters. The zero-order valence-electron chi connectivity index (χ0n) is 9.75. The smallest absolute Gasteiger partial charge is 0.0600 e. The fraction of sp³-hybridized carbons (Fsp3) is 0.538. The van der Waals surface area contributed by atoms with Crippen LogP contribution in [0.2, 0.25) is 5.02 Å². The molecule has 2 nitrogen and oxygen atoms in total. The van der Waals surface area contributed by atoms with Crippen LogP contribution in [0.25, 0.3) is 0 Å². The minimum Gasteiger partial charge on any atom is -0.397 e. The second kappa shape index (κ2) is 4.96. The van der Waals surface area contributed by atoms with Gasteiger partial charge in [0.25, 0.3) is 0 Å². The van der Waals surface area contributed by atoms with Gasteiger partial charge in [0, 0.05) is 18.1 Å². The zero-order chi connectivity index (χ0) is 11.5.